The second-order valence-electron chi connectivity index (χ2n) is 12.2. The van der Waals surface area contributed by atoms with Gasteiger partial charge in [-0.05, 0) is 126 Å². The number of esters is 1. The van der Waals surface area contributed by atoms with Crippen LogP contribution < -0.4 is 0 Å². The Labute approximate surface area is 215 Å². The summed E-state index contributed by atoms with van der Waals surface area (Å²) in [5.41, 5.74) is 1.50. The third-order valence-corrected chi connectivity index (χ3v) is 9.77. The molecule has 3 aliphatic carbocycles. The third kappa shape index (κ3) is 7.96. The van der Waals surface area contributed by atoms with E-state index in [1.54, 1.807) is 0 Å². The zero-order valence-corrected chi connectivity index (χ0v) is 22.5. The van der Waals surface area contributed by atoms with Crippen LogP contribution in [0.5, 0.6) is 0 Å². The summed E-state index contributed by atoms with van der Waals surface area (Å²) < 4.78 is 6.02. The standard InChI is InChI=1S/C33H50O2/c1-3-4-6-9-26-14-22-32(23-15-26)35-33(34)31-20-18-30(19-21-31)29-16-12-27(13-17-29)24-25(2)28-10-7-5-8-11-28/h3-5,7-8,10-11,25-27,29-32H,6,9,12-24H2,1-2H3/t25-,26?,27?,29?,30?,31?,32?/m0/s1. The van der Waals surface area contributed by atoms with Gasteiger partial charge in [0.1, 0.15) is 6.10 Å². The zero-order chi connectivity index (χ0) is 24.5. The van der Waals surface area contributed by atoms with Crippen molar-refractivity contribution < 1.29 is 9.53 Å². The number of ether oxygens (including phenoxy) is 1. The fourth-order valence-electron chi connectivity index (χ4n) is 7.44. The molecule has 2 heteroatoms. The van der Waals surface area contributed by atoms with Crippen LogP contribution in [-0.2, 0) is 9.53 Å². The van der Waals surface area contributed by atoms with Crippen LogP contribution >= 0.6 is 0 Å². The molecule has 0 radical (unpaired) electrons. The molecule has 0 saturated heterocycles. The molecule has 3 saturated carbocycles. The molecular weight excluding hydrogens is 428 g/mol. The van der Waals surface area contributed by atoms with Crippen molar-refractivity contribution in [2.45, 2.75) is 122 Å². The number of hydrogen-bond acceptors (Lipinski definition) is 2. The first-order valence-corrected chi connectivity index (χ1v) is 15.0. The highest BCUT2D eigenvalue weighted by Gasteiger charge is 2.35. The largest absolute Gasteiger partial charge is 0.462 e. The van der Waals surface area contributed by atoms with Crippen molar-refractivity contribution in [3.63, 3.8) is 0 Å². The van der Waals surface area contributed by atoms with E-state index < -0.39 is 0 Å². The first-order valence-electron chi connectivity index (χ1n) is 15.0. The Balaban J connectivity index is 1.11. The van der Waals surface area contributed by atoms with Crippen LogP contribution in [0.2, 0.25) is 0 Å². The van der Waals surface area contributed by atoms with E-state index in [1.165, 1.54) is 76.2 Å². The molecule has 0 aromatic heterocycles. The SMILES string of the molecule is CC=CCCC1CCC(OC(=O)C2CCC(C3CCC(C[C@H](C)c4ccccc4)CC3)CC2)CC1. The summed E-state index contributed by atoms with van der Waals surface area (Å²) in [4.78, 5) is 12.9. The molecule has 4 rings (SSSR count). The number of carbonyl (C=O) groups excluding carboxylic acids is 1. The minimum absolute atomic E-state index is 0.124. The number of rotatable bonds is 9. The van der Waals surface area contributed by atoms with E-state index in [1.807, 2.05) is 0 Å². The lowest BCUT2D eigenvalue weighted by Gasteiger charge is -2.38. The Bertz CT molecular complexity index is 760. The van der Waals surface area contributed by atoms with Crippen LogP contribution in [0.3, 0.4) is 0 Å². The lowest BCUT2D eigenvalue weighted by molar-refractivity contribution is -0.157. The molecule has 0 amide bonds. The summed E-state index contributed by atoms with van der Waals surface area (Å²) in [6, 6.07) is 11.0. The van der Waals surface area contributed by atoms with Crippen LogP contribution in [-0.4, -0.2) is 12.1 Å². The predicted octanol–water partition coefficient (Wildman–Crippen LogP) is 9.25. The molecule has 2 nitrogen and oxygen atoms in total. The molecule has 1 aromatic carbocycles. The van der Waals surface area contributed by atoms with Crippen LogP contribution in [0, 0.1) is 29.6 Å². The number of allylic oxidation sites excluding steroid dienone is 2. The van der Waals surface area contributed by atoms with Gasteiger partial charge in [0.2, 0.25) is 0 Å². The van der Waals surface area contributed by atoms with Gasteiger partial charge in [-0.3, -0.25) is 4.79 Å². The summed E-state index contributed by atoms with van der Waals surface area (Å²) in [5, 5.41) is 0. The Hall–Kier alpha value is -1.57. The molecule has 0 aliphatic heterocycles. The van der Waals surface area contributed by atoms with E-state index in [-0.39, 0.29) is 18.0 Å². The quantitative estimate of drug-likeness (QED) is 0.261. The van der Waals surface area contributed by atoms with Crippen molar-refractivity contribution >= 4 is 5.97 Å². The summed E-state index contributed by atoms with van der Waals surface area (Å²) >= 11 is 0. The summed E-state index contributed by atoms with van der Waals surface area (Å²) in [7, 11) is 0. The maximum absolute atomic E-state index is 12.9. The van der Waals surface area contributed by atoms with Gasteiger partial charge in [-0.1, -0.05) is 62.2 Å². The molecule has 35 heavy (non-hydrogen) atoms. The monoisotopic (exact) mass is 478 g/mol. The lowest BCUT2D eigenvalue weighted by atomic mass is 9.68. The van der Waals surface area contributed by atoms with Gasteiger partial charge in [-0.25, -0.2) is 0 Å². The highest BCUT2D eigenvalue weighted by atomic mass is 16.5. The predicted molar refractivity (Wildman–Crippen MR) is 146 cm³/mol. The smallest absolute Gasteiger partial charge is 0.309 e. The Kier molecular flexibility index (Phi) is 10.3. The van der Waals surface area contributed by atoms with Gasteiger partial charge in [0.25, 0.3) is 0 Å². The van der Waals surface area contributed by atoms with Crippen molar-refractivity contribution in [2.75, 3.05) is 0 Å². The van der Waals surface area contributed by atoms with Crippen molar-refractivity contribution in [2.24, 2.45) is 29.6 Å². The minimum atomic E-state index is 0.124. The fourth-order valence-corrected chi connectivity index (χ4v) is 7.44. The fraction of sp³-hybridized carbons (Fsp3) is 0.727. The first kappa shape index (κ1) is 26.5. The maximum Gasteiger partial charge on any atom is 0.309 e. The van der Waals surface area contributed by atoms with E-state index in [4.69, 9.17) is 4.74 Å². The molecule has 0 spiro atoms. The van der Waals surface area contributed by atoms with E-state index in [2.05, 4.69) is 56.3 Å². The summed E-state index contributed by atoms with van der Waals surface area (Å²) in [5.74, 6) is 4.43. The second kappa shape index (κ2) is 13.7. The molecule has 1 atom stereocenters. The normalized spacial score (nSPS) is 32.9. The number of carbonyl (C=O) groups is 1. The van der Waals surface area contributed by atoms with Gasteiger partial charge in [-0.2, -0.15) is 0 Å². The van der Waals surface area contributed by atoms with E-state index in [9.17, 15) is 4.79 Å². The molecular formula is C33H50O2. The molecule has 1 aromatic rings. The van der Waals surface area contributed by atoms with E-state index in [0.29, 0.717) is 5.92 Å². The first-order chi connectivity index (χ1) is 17.1. The zero-order valence-electron chi connectivity index (χ0n) is 22.5. The molecule has 194 valence electrons. The van der Waals surface area contributed by atoms with E-state index in [0.717, 1.165) is 49.4 Å². The number of hydrogen-bond donors (Lipinski definition) is 0. The topological polar surface area (TPSA) is 26.3 Å². The molecule has 0 unspecified atom stereocenters. The highest BCUT2D eigenvalue weighted by Crippen LogP contribution is 2.43. The average molecular weight is 479 g/mol. The average Bonchev–Trinajstić information content (AvgIpc) is 2.91. The Morgan fingerprint density at radius 2 is 1.46 bits per heavy atom. The maximum atomic E-state index is 12.9. The second-order valence-corrected chi connectivity index (χ2v) is 12.2. The molecule has 3 aliphatic rings. The van der Waals surface area contributed by atoms with Crippen molar-refractivity contribution in [1.29, 1.82) is 0 Å². The Morgan fingerprint density at radius 1 is 0.857 bits per heavy atom. The summed E-state index contributed by atoms with van der Waals surface area (Å²) in [6.07, 6.45) is 23.3. The van der Waals surface area contributed by atoms with Gasteiger partial charge in [0, 0.05) is 0 Å². The Morgan fingerprint density at radius 3 is 2.09 bits per heavy atom. The van der Waals surface area contributed by atoms with Crippen molar-refractivity contribution in [1.82, 2.24) is 0 Å². The van der Waals surface area contributed by atoms with Gasteiger partial charge >= 0.3 is 5.97 Å². The van der Waals surface area contributed by atoms with E-state index >= 15 is 0 Å². The number of benzene rings is 1. The molecule has 0 heterocycles. The van der Waals surface area contributed by atoms with Crippen LogP contribution in [0.4, 0.5) is 0 Å². The van der Waals surface area contributed by atoms with Crippen LogP contribution in [0.15, 0.2) is 42.5 Å². The summed E-state index contributed by atoms with van der Waals surface area (Å²) in [6.45, 7) is 4.50. The van der Waals surface area contributed by atoms with Gasteiger partial charge in [-0.15, -0.1) is 0 Å². The van der Waals surface area contributed by atoms with Crippen LogP contribution in [0.25, 0.3) is 0 Å². The molecule has 0 bridgehead atoms. The van der Waals surface area contributed by atoms with Crippen LogP contribution in [0.1, 0.15) is 122 Å². The van der Waals surface area contributed by atoms with Gasteiger partial charge < -0.3 is 4.74 Å². The molecule has 3 fully saturated rings. The van der Waals surface area contributed by atoms with Gasteiger partial charge in [0.05, 0.1) is 5.92 Å². The molecule has 0 N–H and O–H groups in total. The third-order valence-electron chi connectivity index (χ3n) is 9.77. The van der Waals surface area contributed by atoms with Crippen molar-refractivity contribution in [3.05, 3.63) is 48.0 Å². The highest BCUT2D eigenvalue weighted by molar-refractivity contribution is 5.72. The van der Waals surface area contributed by atoms with Gasteiger partial charge in [0.15, 0.2) is 0 Å². The minimum Gasteiger partial charge on any atom is -0.462 e. The lowest BCUT2D eigenvalue weighted by Crippen LogP contribution is -2.32. The van der Waals surface area contributed by atoms with Crippen molar-refractivity contribution in [3.8, 4) is 0 Å².